The Labute approximate surface area is 82.5 Å². The van der Waals surface area contributed by atoms with E-state index in [0.29, 0.717) is 5.46 Å². The molecule has 2 rings (SSSR count). The highest BCUT2D eigenvalue weighted by molar-refractivity contribution is 6.58. The van der Waals surface area contributed by atoms with Crippen molar-refractivity contribution in [2.75, 3.05) is 6.67 Å². The van der Waals surface area contributed by atoms with Gasteiger partial charge in [0.15, 0.2) is 0 Å². The van der Waals surface area contributed by atoms with Crippen LogP contribution in [-0.2, 0) is 5.41 Å². The summed E-state index contributed by atoms with van der Waals surface area (Å²) in [5.74, 6) is 0. The predicted octanol–water partition coefficient (Wildman–Crippen LogP) is 0.367. The minimum atomic E-state index is -1.44. The molecule has 0 bridgehead atoms. The van der Waals surface area contributed by atoms with Gasteiger partial charge in [-0.1, -0.05) is 24.3 Å². The van der Waals surface area contributed by atoms with E-state index in [1.54, 1.807) is 24.3 Å². The Hall–Kier alpha value is -0.865. The largest absolute Gasteiger partial charge is 0.488 e. The molecule has 0 aromatic heterocycles. The van der Waals surface area contributed by atoms with Crippen molar-refractivity contribution in [1.82, 2.24) is 0 Å². The Morgan fingerprint density at radius 2 is 1.79 bits per heavy atom. The van der Waals surface area contributed by atoms with Gasteiger partial charge >= 0.3 is 7.12 Å². The molecule has 0 aliphatic heterocycles. The van der Waals surface area contributed by atoms with Gasteiger partial charge in [-0.25, -0.2) is 0 Å². The second-order valence-electron chi connectivity index (χ2n) is 3.91. The smallest absolute Gasteiger partial charge is 0.423 e. The first-order chi connectivity index (χ1) is 6.68. The summed E-state index contributed by atoms with van der Waals surface area (Å²) in [5.41, 5.74) is 1.15. The predicted molar refractivity (Wildman–Crippen MR) is 53.2 cm³/mol. The lowest BCUT2D eigenvalue weighted by Crippen LogP contribution is -2.29. The molecule has 1 aromatic carbocycles. The minimum Gasteiger partial charge on any atom is -0.423 e. The van der Waals surface area contributed by atoms with Crippen molar-refractivity contribution in [3.8, 4) is 0 Å². The molecular weight excluding hydrogens is 182 g/mol. The van der Waals surface area contributed by atoms with Crippen LogP contribution in [0.4, 0.5) is 4.39 Å². The molecule has 2 N–H and O–H groups in total. The summed E-state index contributed by atoms with van der Waals surface area (Å²) in [4.78, 5) is 0. The van der Waals surface area contributed by atoms with Crippen LogP contribution in [0.2, 0.25) is 0 Å². The number of alkyl halides is 1. The first-order valence-corrected chi connectivity index (χ1v) is 4.70. The second kappa shape index (κ2) is 3.37. The van der Waals surface area contributed by atoms with Crippen LogP contribution in [0.1, 0.15) is 18.4 Å². The molecule has 0 unspecified atom stereocenters. The van der Waals surface area contributed by atoms with Gasteiger partial charge in [0.1, 0.15) is 0 Å². The maximum absolute atomic E-state index is 12.7. The van der Waals surface area contributed by atoms with Crippen molar-refractivity contribution in [3.63, 3.8) is 0 Å². The molecule has 4 heteroatoms. The summed E-state index contributed by atoms with van der Waals surface area (Å²) in [6.07, 6.45) is 1.79. The van der Waals surface area contributed by atoms with Crippen LogP contribution < -0.4 is 5.46 Å². The van der Waals surface area contributed by atoms with Crippen molar-refractivity contribution in [2.24, 2.45) is 0 Å². The van der Waals surface area contributed by atoms with Crippen LogP contribution in [0.25, 0.3) is 0 Å². The fraction of sp³-hybridized carbons (Fsp3) is 0.400. The molecule has 0 saturated heterocycles. The van der Waals surface area contributed by atoms with Crippen LogP contribution >= 0.6 is 0 Å². The maximum Gasteiger partial charge on any atom is 0.488 e. The van der Waals surface area contributed by atoms with Crippen LogP contribution in [-0.4, -0.2) is 23.8 Å². The van der Waals surface area contributed by atoms with E-state index in [0.717, 1.165) is 18.4 Å². The summed E-state index contributed by atoms with van der Waals surface area (Å²) < 4.78 is 12.7. The lowest BCUT2D eigenvalue weighted by atomic mass is 9.79. The lowest BCUT2D eigenvalue weighted by molar-refractivity contribution is 0.417. The van der Waals surface area contributed by atoms with E-state index >= 15 is 0 Å². The highest BCUT2D eigenvalue weighted by atomic mass is 19.1. The van der Waals surface area contributed by atoms with Crippen LogP contribution in [0, 0.1) is 0 Å². The number of rotatable bonds is 3. The topological polar surface area (TPSA) is 40.5 Å². The Kier molecular flexibility index (Phi) is 2.33. The van der Waals surface area contributed by atoms with E-state index in [1.807, 2.05) is 0 Å². The first-order valence-electron chi connectivity index (χ1n) is 4.70. The van der Waals surface area contributed by atoms with Crippen molar-refractivity contribution >= 4 is 12.6 Å². The molecule has 0 atom stereocenters. The molecule has 1 aliphatic rings. The fourth-order valence-corrected chi connectivity index (χ4v) is 1.66. The summed E-state index contributed by atoms with van der Waals surface area (Å²) in [6.45, 7) is -0.325. The summed E-state index contributed by atoms with van der Waals surface area (Å²) in [5, 5.41) is 17.7. The van der Waals surface area contributed by atoms with Gasteiger partial charge in [0.25, 0.3) is 0 Å². The minimum absolute atomic E-state index is 0.265. The van der Waals surface area contributed by atoms with Crippen LogP contribution in [0.15, 0.2) is 24.3 Å². The van der Waals surface area contributed by atoms with Gasteiger partial charge in [-0.15, -0.1) is 0 Å². The van der Waals surface area contributed by atoms with E-state index in [9.17, 15) is 4.39 Å². The zero-order chi connectivity index (χ0) is 10.2. The van der Waals surface area contributed by atoms with E-state index in [2.05, 4.69) is 0 Å². The number of halogens is 1. The first kappa shape index (κ1) is 9.68. The van der Waals surface area contributed by atoms with Gasteiger partial charge in [0.2, 0.25) is 0 Å². The average Bonchev–Trinajstić information content (AvgIpc) is 2.99. The lowest BCUT2D eigenvalue weighted by Gasteiger charge is -2.11. The Morgan fingerprint density at radius 1 is 1.21 bits per heavy atom. The van der Waals surface area contributed by atoms with Gasteiger partial charge in [0, 0.05) is 5.41 Å². The molecule has 0 spiro atoms. The van der Waals surface area contributed by atoms with Gasteiger partial charge in [-0.2, -0.15) is 0 Å². The molecule has 1 saturated carbocycles. The third-order valence-electron chi connectivity index (χ3n) is 2.93. The molecule has 1 aliphatic carbocycles. The van der Waals surface area contributed by atoms with E-state index < -0.39 is 7.12 Å². The quantitative estimate of drug-likeness (QED) is 0.682. The standard InChI is InChI=1S/C10H12BFO2/c12-7-10(5-6-10)8-1-3-9(4-2-8)11(13)14/h1-4,13-14H,5-7H2. The molecule has 2 nitrogen and oxygen atoms in total. The zero-order valence-corrected chi connectivity index (χ0v) is 7.78. The molecular formula is C10H12BFO2. The van der Waals surface area contributed by atoms with Crippen molar-refractivity contribution in [2.45, 2.75) is 18.3 Å². The molecule has 0 heterocycles. The Bertz CT molecular complexity index is 319. The monoisotopic (exact) mass is 194 g/mol. The van der Waals surface area contributed by atoms with Crippen LogP contribution in [0.5, 0.6) is 0 Å². The zero-order valence-electron chi connectivity index (χ0n) is 7.78. The molecule has 1 fully saturated rings. The fourth-order valence-electron chi connectivity index (χ4n) is 1.66. The number of hydrogen-bond acceptors (Lipinski definition) is 2. The van der Waals surface area contributed by atoms with Gasteiger partial charge < -0.3 is 10.0 Å². The van der Waals surface area contributed by atoms with E-state index in [4.69, 9.17) is 10.0 Å². The Morgan fingerprint density at radius 3 is 2.14 bits per heavy atom. The van der Waals surface area contributed by atoms with E-state index in [-0.39, 0.29) is 12.1 Å². The molecule has 0 amide bonds. The van der Waals surface area contributed by atoms with Gasteiger partial charge in [-0.05, 0) is 23.9 Å². The average molecular weight is 194 g/mol. The van der Waals surface area contributed by atoms with Crippen molar-refractivity contribution in [1.29, 1.82) is 0 Å². The third-order valence-corrected chi connectivity index (χ3v) is 2.93. The van der Waals surface area contributed by atoms with Crippen LogP contribution in [0.3, 0.4) is 0 Å². The SMILES string of the molecule is OB(O)c1ccc(C2(CF)CC2)cc1. The maximum atomic E-state index is 12.7. The molecule has 74 valence electrons. The molecule has 1 aromatic rings. The molecule has 14 heavy (non-hydrogen) atoms. The second-order valence-corrected chi connectivity index (χ2v) is 3.91. The third kappa shape index (κ3) is 1.55. The summed E-state index contributed by atoms with van der Waals surface area (Å²) in [6, 6.07) is 6.83. The summed E-state index contributed by atoms with van der Waals surface area (Å²) in [7, 11) is -1.44. The van der Waals surface area contributed by atoms with E-state index in [1.165, 1.54) is 0 Å². The van der Waals surface area contributed by atoms with Gasteiger partial charge in [-0.3, -0.25) is 4.39 Å². The number of hydrogen-bond donors (Lipinski definition) is 2. The highest BCUT2D eigenvalue weighted by Crippen LogP contribution is 2.48. The van der Waals surface area contributed by atoms with Crippen molar-refractivity contribution < 1.29 is 14.4 Å². The Balaban J connectivity index is 2.22. The summed E-state index contributed by atoms with van der Waals surface area (Å²) >= 11 is 0. The van der Waals surface area contributed by atoms with Gasteiger partial charge in [0.05, 0.1) is 6.67 Å². The number of benzene rings is 1. The normalized spacial score (nSPS) is 17.9. The van der Waals surface area contributed by atoms with Crippen molar-refractivity contribution in [3.05, 3.63) is 29.8 Å². The molecule has 0 radical (unpaired) electrons. The highest BCUT2D eigenvalue weighted by Gasteiger charge is 2.44.